The topological polar surface area (TPSA) is 161 Å². The van der Waals surface area contributed by atoms with Crippen LogP contribution >= 0.6 is 0 Å². The van der Waals surface area contributed by atoms with Gasteiger partial charge in [-0.25, -0.2) is 0 Å². The average molecular weight is 593 g/mol. The molecule has 3 saturated heterocycles. The van der Waals surface area contributed by atoms with Crippen LogP contribution in [-0.2, 0) is 28.5 Å². The number of phenols is 1. The van der Waals surface area contributed by atoms with E-state index in [2.05, 4.69) is 0 Å². The number of hydrogen-bond donors (Lipinski definition) is 3. The molecule has 2 aromatic rings. The fourth-order valence-corrected chi connectivity index (χ4v) is 6.66. The third-order valence-electron chi connectivity index (χ3n) is 8.64. The van der Waals surface area contributed by atoms with Crippen molar-refractivity contribution in [3.05, 3.63) is 41.0 Å². The van der Waals surface area contributed by atoms with Crippen molar-refractivity contribution in [2.45, 2.75) is 55.9 Å². The predicted octanol–water partition coefficient (Wildman–Crippen LogP) is 1.34. The lowest BCUT2D eigenvalue weighted by atomic mass is 9.66. The number of hydrogen-bond acceptors (Lipinski definition) is 13. The molecule has 0 bridgehead atoms. The smallest absolute Gasteiger partial charge is 0.310 e. The first-order valence-corrected chi connectivity index (χ1v) is 13.6. The second-order valence-electron chi connectivity index (χ2n) is 10.9. The molecule has 0 unspecified atom stereocenters. The van der Waals surface area contributed by atoms with Gasteiger partial charge in [0.2, 0.25) is 12.5 Å². The number of ether oxygens (including phenoxy) is 9. The second kappa shape index (κ2) is 10.4. The summed E-state index contributed by atoms with van der Waals surface area (Å²) >= 11 is 0. The van der Waals surface area contributed by atoms with Crippen molar-refractivity contribution in [3.8, 4) is 28.7 Å². The molecular formula is C29H32O13. The van der Waals surface area contributed by atoms with Crippen LogP contribution in [0.15, 0.2) is 24.3 Å². The molecule has 4 heterocycles. The molecular weight excluding hydrogens is 557 g/mol. The maximum absolute atomic E-state index is 13.5. The van der Waals surface area contributed by atoms with E-state index >= 15 is 0 Å². The van der Waals surface area contributed by atoms with Crippen LogP contribution in [0.5, 0.6) is 28.7 Å². The summed E-state index contributed by atoms with van der Waals surface area (Å²) in [6, 6.07) is 6.27. The van der Waals surface area contributed by atoms with Gasteiger partial charge < -0.3 is 58.0 Å². The highest BCUT2D eigenvalue weighted by atomic mass is 16.8. The lowest BCUT2D eigenvalue weighted by molar-refractivity contribution is -0.364. The summed E-state index contributed by atoms with van der Waals surface area (Å²) in [5.74, 6) is -2.93. The normalized spacial score (nSPS) is 37.8. The third kappa shape index (κ3) is 4.26. The van der Waals surface area contributed by atoms with E-state index in [-0.39, 0.29) is 31.5 Å². The van der Waals surface area contributed by atoms with Crippen LogP contribution in [0.25, 0.3) is 0 Å². The first-order chi connectivity index (χ1) is 21.4. The Morgan fingerprint density at radius 1 is 0.952 bits per heavy atom. The number of aliphatic hydroxyl groups is 2. The number of cyclic esters (lactones) is 1. The molecule has 7 rings (SSSR count). The second-order valence-corrected chi connectivity index (χ2v) is 10.9. The zero-order valence-corrected chi connectivity index (χ0v) is 22.6. The van der Waals surface area contributed by atoms with Crippen LogP contribution in [0.2, 0.25) is 0 Å². The number of aliphatic hydroxyl groups excluding tert-OH is 2. The van der Waals surface area contributed by atoms with Gasteiger partial charge >= 0.3 is 5.97 Å². The number of fused-ring (bicyclic) bond motifs is 4. The number of esters is 1. The summed E-state index contributed by atoms with van der Waals surface area (Å²) < 4.78 is 73.7. The maximum Gasteiger partial charge on any atom is 0.310 e. The van der Waals surface area contributed by atoms with Crippen molar-refractivity contribution in [2.75, 3.05) is 34.2 Å². The summed E-state index contributed by atoms with van der Waals surface area (Å²) in [5, 5.41) is 32.7. The Balaban J connectivity index is 1.32. The number of aromatic hydroxyl groups is 1. The highest BCUT2D eigenvalue weighted by Gasteiger charge is 2.56. The highest BCUT2D eigenvalue weighted by Crippen LogP contribution is 2.57. The van der Waals surface area contributed by atoms with Gasteiger partial charge in [0, 0.05) is 11.8 Å². The highest BCUT2D eigenvalue weighted by molar-refractivity contribution is 5.79. The van der Waals surface area contributed by atoms with Crippen LogP contribution in [0.1, 0.15) is 39.7 Å². The van der Waals surface area contributed by atoms with E-state index in [0.717, 1.165) is 0 Å². The largest absolute Gasteiger partial charge is 0.502 e. The van der Waals surface area contributed by atoms with Gasteiger partial charge in [-0.15, -0.1) is 0 Å². The summed E-state index contributed by atoms with van der Waals surface area (Å²) in [6.07, 6.45) is -7.21. The van der Waals surface area contributed by atoms with Crippen LogP contribution in [0.3, 0.4) is 0 Å². The van der Waals surface area contributed by atoms with E-state index in [1.165, 1.54) is 19.2 Å². The van der Waals surface area contributed by atoms with Gasteiger partial charge in [-0.05, 0) is 47.9 Å². The molecule has 1 aliphatic carbocycles. The Morgan fingerprint density at radius 2 is 1.69 bits per heavy atom. The quantitative estimate of drug-likeness (QED) is 0.337. The minimum Gasteiger partial charge on any atom is -0.502 e. The number of carbonyl (C=O) groups excluding carboxylic acids is 1. The van der Waals surface area contributed by atoms with Gasteiger partial charge in [-0.1, -0.05) is 0 Å². The van der Waals surface area contributed by atoms with Crippen molar-refractivity contribution >= 4 is 5.97 Å². The number of phenolic OH excluding ortho intramolecular Hbond substituents is 1. The molecule has 42 heavy (non-hydrogen) atoms. The lowest BCUT2D eigenvalue weighted by Gasteiger charge is -2.47. The molecule has 0 radical (unpaired) electrons. The van der Waals surface area contributed by atoms with Crippen molar-refractivity contribution in [1.29, 1.82) is 0 Å². The van der Waals surface area contributed by atoms with Crippen molar-refractivity contribution in [2.24, 2.45) is 11.8 Å². The molecule has 13 nitrogen and oxygen atoms in total. The zero-order valence-electron chi connectivity index (χ0n) is 25.6. The van der Waals surface area contributed by atoms with E-state index in [0.29, 0.717) is 28.2 Å². The first-order valence-electron chi connectivity index (χ1n) is 15.1. The molecule has 13 heteroatoms. The van der Waals surface area contributed by atoms with E-state index < -0.39 is 79.6 Å². The summed E-state index contributed by atoms with van der Waals surface area (Å²) in [4.78, 5) is 13.5. The monoisotopic (exact) mass is 592 g/mol. The SMILES string of the molecule is [2H][13C]([2H])([2H])Oc1cc([C@@H]2c3cc4c(cc3[C@@H](O[C@@H]3O[C@@H]5CO[C@@H](C)O[C@H]5[C@H](O)[C@H]3O)[C@H]3COC(=O)[C@H]23)OCO4)cc(OC)c1O. The van der Waals surface area contributed by atoms with Crippen molar-refractivity contribution in [1.82, 2.24) is 0 Å². The van der Waals surface area contributed by atoms with E-state index in [1.807, 2.05) is 0 Å². The summed E-state index contributed by atoms with van der Waals surface area (Å²) in [6.45, 7) is 1.70. The molecule has 0 amide bonds. The molecule has 3 fully saturated rings. The molecule has 0 saturated carbocycles. The molecule has 2 aromatic carbocycles. The Kier molecular flexibility index (Phi) is 6.00. The third-order valence-corrected chi connectivity index (χ3v) is 8.64. The molecule has 0 aromatic heterocycles. The van der Waals surface area contributed by atoms with Crippen LogP contribution in [0.4, 0.5) is 0 Å². The molecule has 0 spiro atoms. The average Bonchev–Trinajstić information content (AvgIpc) is 3.61. The standard InChI is InChI=1S/C29H32O13/c1-11-36-9-20-27(40-11)24(31)25(32)29(41-20)42-26-14-7-17-16(38-10-39-17)6-13(14)21(22-15(26)8-37-28(22)33)12-4-18(34-2)23(30)19(5-12)35-3/h4-7,11,15,20-22,24-27,29-32H,8-10H2,1-3H3/t11-,15+,20-,21-,22+,24-,25-,26-,27-,29+/m1/s1/i2+1D3. The Morgan fingerprint density at radius 3 is 2.43 bits per heavy atom. The van der Waals surface area contributed by atoms with E-state index in [4.69, 9.17) is 46.7 Å². The maximum atomic E-state index is 13.5. The van der Waals surface area contributed by atoms with Gasteiger partial charge in [-0.2, -0.15) is 0 Å². The van der Waals surface area contributed by atoms with Gasteiger partial charge in [0.25, 0.3) is 0 Å². The Bertz CT molecular complexity index is 1480. The van der Waals surface area contributed by atoms with E-state index in [9.17, 15) is 20.1 Å². The fraction of sp³-hybridized carbons (Fsp3) is 0.552. The molecule has 5 aliphatic rings. The molecule has 4 aliphatic heterocycles. The van der Waals surface area contributed by atoms with Crippen LogP contribution < -0.4 is 18.9 Å². The Labute approximate surface area is 244 Å². The van der Waals surface area contributed by atoms with Crippen molar-refractivity contribution < 1.29 is 66.9 Å². The Hall–Kier alpha value is -3.33. The van der Waals surface area contributed by atoms with Crippen LogP contribution in [0, 0.1) is 11.8 Å². The lowest BCUT2D eigenvalue weighted by Crippen LogP contribution is -2.63. The fourth-order valence-electron chi connectivity index (χ4n) is 6.66. The number of carbonyl (C=O) groups is 1. The number of methoxy groups -OCH3 is 2. The molecule has 226 valence electrons. The van der Waals surface area contributed by atoms with Gasteiger partial charge in [0.15, 0.2) is 35.6 Å². The minimum atomic E-state index is -2.89. The number of benzene rings is 2. The first kappa shape index (κ1) is 24.1. The molecule has 3 N–H and O–H groups in total. The zero-order chi connectivity index (χ0) is 31.8. The van der Waals surface area contributed by atoms with Gasteiger partial charge in [-0.3, -0.25) is 4.79 Å². The molecule has 10 atom stereocenters. The summed E-state index contributed by atoms with van der Waals surface area (Å²) in [7, 11) is -1.58. The van der Waals surface area contributed by atoms with Crippen molar-refractivity contribution in [3.63, 3.8) is 0 Å². The van der Waals surface area contributed by atoms with Crippen LogP contribution in [-0.4, -0.2) is 92.4 Å². The minimum absolute atomic E-state index is 0.0367. The number of rotatable bonds is 5. The van der Waals surface area contributed by atoms with E-state index in [1.54, 1.807) is 19.1 Å². The predicted molar refractivity (Wildman–Crippen MR) is 138 cm³/mol. The van der Waals surface area contributed by atoms with Gasteiger partial charge in [0.05, 0.1) is 43.5 Å². The van der Waals surface area contributed by atoms with Gasteiger partial charge in [0.1, 0.15) is 24.4 Å². The summed E-state index contributed by atoms with van der Waals surface area (Å²) in [5.41, 5.74) is 1.51.